The number of hydrogen-bond acceptors (Lipinski definition) is 4. The first-order valence-corrected chi connectivity index (χ1v) is 6.78. The van der Waals surface area contributed by atoms with Gasteiger partial charge >= 0.3 is 5.97 Å². The molecular formula is C15H21F2NO3. The molecule has 1 aromatic carbocycles. The van der Waals surface area contributed by atoms with Crippen LogP contribution in [0.15, 0.2) is 18.2 Å². The minimum Gasteiger partial charge on any atom is -0.490 e. The third kappa shape index (κ3) is 4.67. The van der Waals surface area contributed by atoms with E-state index in [1.54, 1.807) is 14.0 Å². The molecule has 0 saturated heterocycles. The largest absolute Gasteiger partial charge is 0.490 e. The van der Waals surface area contributed by atoms with Crippen LogP contribution in [0.25, 0.3) is 0 Å². The van der Waals surface area contributed by atoms with Crippen molar-refractivity contribution < 1.29 is 23.0 Å². The summed E-state index contributed by atoms with van der Waals surface area (Å²) in [5.74, 6) is -2.34. The first-order valence-electron chi connectivity index (χ1n) is 6.78. The second-order valence-electron chi connectivity index (χ2n) is 4.93. The Labute approximate surface area is 123 Å². The number of ether oxygens (including phenoxy) is 2. The molecule has 1 N–H and O–H groups in total. The van der Waals surface area contributed by atoms with Gasteiger partial charge in [-0.05, 0) is 45.4 Å². The van der Waals surface area contributed by atoms with E-state index in [9.17, 15) is 13.6 Å². The van der Waals surface area contributed by atoms with Gasteiger partial charge in [0.05, 0.1) is 13.7 Å². The van der Waals surface area contributed by atoms with Gasteiger partial charge in [-0.15, -0.1) is 0 Å². The van der Waals surface area contributed by atoms with Crippen molar-refractivity contribution in [1.82, 2.24) is 5.32 Å². The normalized spacial score (nSPS) is 13.6. The number of likely N-dealkylation sites (N-methyl/N-ethyl adjacent to an activating group) is 1. The van der Waals surface area contributed by atoms with Crippen LogP contribution < -0.4 is 10.1 Å². The predicted molar refractivity (Wildman–Crippen MR) is 75.2 cm³/mol. The van der Waals surface area contributed by atoms with Crippen molar-refractivity contribution in [2.45, 2.75) is 31.7 Å². The number of hydrogen-bond donors (Lipinski definition) is 1. The van der Waals surface area contributed by atoms with Gasteiger partial charge in [-0.25, -0.2) is 4.39 Å². The summed E-state index contributed by atoms with van der Waals surface area (Å²) in [4.78, 5) is 11.6. The lowest BCUT2D eigenvalue weighted by molar-refractivity contribution is -0.148. The van der Waals surface area contributed by atoms with E-state index >= 15 is 0 Å². The average molecular weight is 301 g/mol. The Balaban J connectivity index is 2.38. The Hall–Kier alpha value is -1.69. The van der Waals surface area contributed by atoms with E-state index in [2.05, 4.69) is 5.32 Å². The number of esters is 1. The Morgan fingerprint density at radius 2 is 2.05 bits per heavy atom. The summed E-state index contributed by atoms with van der Waals surface area (Å²) in [6.45, 7) is 2.01. The zero-order valence-corrected chi connectivity index (χ0v) is 12.5. The lowest BCUT2D eigenvalue weighted by atomic mass is 9.95. The van der Waals surface area contributed by atoms with E-state index in [1.807, 2.05) is 0 Å². The number of carbonyl (C=O) groups is 1. The molecule has 21 heavy (non-hydrogen) atoms. The molecule has 0 aliphatic heterocycles. The highest BCUT2D eigenvalue weighted by Gasteiger charge is 2.31. The molecule has 0 aromatic heterocycles. The molecule has 0 saturated carbocycles. The maximum Gasteiger partial charge on any atom is 0.325 e. The standard InChI is InChI=1S/C15H21F2NO3/c1-15(18-2,14(19)20-3)9-4-5-10-21-12-8-6-7-11(16)13(12)17/h6-8,18H,4-5,9-10H2,1-3H3. The maximum absolute atomic E-state index is 13.3. The summed E-state index contributed by atoms with van der Waals surface area (Å²) < 4.78 is 36.2. The summed E-state index contributed by atoms with van der Waals surface area (Å²) in [5, 5.41) is 2.93. The van der Waals surface area contributed by atoms with Crippen LogP contribution in [0, 0.1) is 11.6 Å². The van der Waals surface area contributed by atoms with E-state index < -0.39 is 17.2 Å². The molecule has 0 bridgehead atoms. The second-order valence-corrected chi connectivity index (χ2v) is 4.93. The first-order chi connectivity index (χ1) is 9.94. The second kappa shape index (κ2) is 7.93. The fourth-order valence-electron chi connectivity index (χ4n) is 1.91. The highest BCUT2D eigenvalue weighted by Crippen LogP contribution is 2.20. The Bertz CT molecular complexity index is 482. The summed E-state index contributed by atoms with van der Waals surface area (Å²) in [6, 6.07) is 3.81. The highest BCUT2D eigenvalue weighted by molar-refractivity contribution is 5.80. The molecule has 1 rings (SSSR count). The van der Waals surface area contributed by atoms with Crippen molar-refractivity contribution in [3.63, 3.8) is 0 Å². The maximum atomic E-state index is 13.3. The summed E-state index contributed by atoms with van der Waals surface area (Å²) in [5.41, 5.74) is -0.751. The molecule has 1 unspecified atom stereocenters. The van der Waals surface area contributed by atoms with Crippen molar-refractivity contribution in [2.75, 3.05) is 20.8 Å². The van der Waals surface area contributed by atoms with Gasteiger partial charge in [0.15, 0.2) is 11.6 Å². The van der Waals surface area contributed by atoms with Crippen molar-refractivity contribution >= 4 is 5.97 Å². The third-order valence-electron chi connectivity index (χ3n) is 3.43. The monoisotopic (exact) mass is 301 g/mol. The minimum absolute atomic E-state index is 0.0978. The summed E-state index contributed by atoms with van der Waals surface area (Å²) in [6.07, 6.45) is 1.86. The van der Waals surface area contributed by atoms with Crippen molar-refractivity contribution in [3.8, 4) is 5.75 Å². The fourth-order valence-corrected chi connectivity index (χ4v) is 1.91. The third-order valence-corrected chi connectivity index (χ3v) is 3.43. The lowest BCUT2D eigenvalue weighted by Gasteiger charge is -2.25. The number of rotatable bonds is 8. The molecule has 0 heterocycles. The summed E-state index contributed by atoms with van der Waals surface area (Å²) in [7, 11) is 3.03. The van der Waals surface area contributed by atoms with Gasteiger partial charge in [0.1, 0.15) is 5.54 Å². The Morgan fingerprint density at radius 1 is 1.33 bits per heavy atom. The quantitative estimate of drug-likeness (QED) is 0.592. The lowest BCUT2D eigenvalue weighted by Crippen LogP contribution is -2.48. The van der Waals surface area contributed by atoms with Gasteiger partial charge in [-0.2, -0.15) is 4.39 Å². The topological polar surface area (TPSA) is 47.6 Å². The number of methoxy groups -OCH3 is 1. The molecule has 1 aromatic rings. The smallest absolute Gasteiger partial charge is 0.325 e. The number of halogens is 2. The first kappa shape index (κ1) is 17.4. The van der Waals surface area contributed by atoms with Crippen LogP contribution in [0.1, 0.15) is 26.2 Å². The molecule has 0 radical (unpaired) electrons. The number of unbranched alkanes of at least 4 members (excludes halogenated alkanes) is 1. The molecule has 4 nitrogen and oxygen atoms in total. The molecule has 0 spiro atoms. The van der Waals surface area contributed by atoms with Gasteiger partial charge in [0, 0.05) is 0 Å². The molecule has 6 heteroatoms. The number of benzene rings is 1. The fraction of sp³-hybridized carbons (Fsp3) is 0.533. The van der Waals surface area contributed by atoms with E-state index in [4.69, 9.17) is 9.47 Å². The van der Waals surface area contributed by atoms with E-state index in [1.165, 1.54) is 19.2 Å². The van der Waals surface area contributed by atoms with Crippen LogP contribution in [0.2, 0.25) is 0 Å². The molecule has 0 amide bonds. The molecule has 0 aliphatic rings. The summed E-state index contributed by atoms with van der Waals surface area (Å²) >= 11 is 0. The van der Waals surface area contributed by atoms with Crippen LogP contribution in [0.3, 0.4) is 0 Å². The predicted octanol–water partition coefficient (Wildman–Crippen LogP) is 2.67. The number of carbonyl (C=O) groups excluding carboxylic acids is 1. The number of nitrogens with one attached hydrogen (secondary N) is 1. The van der Waals surface area contributed by atoms with E-state index in [0.717, 1.165) is 6.07 Å². The Kier molecular flexibility index (Phi) is 6.55. The molecular weight excluding hydrogens is 280 g/mol. The zero-order valence-electron chi connectivity index (χ0n) is 12.5. The van der Waals surface area contributed by atoms with Crippen LogP contribution in [0.5, 0.6) is 5.75 Å². The van der Waals surface area contributed by atoms with Gasteiger partial charge in [-0.3, -0.25) is 4.79 Å². The molecule has 118 valence electrons. The van der Waals surface area contributed by atoms with Crippen LogP contribution in [-0.4, -0.2) is 32.3 Å². The Morgan fingerprint density at radius 3 is 2.67 bits per heavy atom. The van der Waals surface area contributed by atoms with Crippen molar-refractivity contribution in [3.05, 3.63) is 29.8 Å². The zero-order chi connectivity index (χ0) is 15.9. The van der Waals surface area contributed by atoms with Crippen LogP contribution >= 0.6 is 0 Å². The minimum atomic E-state index is -0.980. The van der Waals surface area contributed by atoms with E-state index in [-0.39, 0.29) is 18.3 Å². The van der Waals surface area contributed by atoms with Crippen molar-refractivity contribution in [2.24, 2.45) is 0 Å². The SMILES string of the molecule is CNC(C)(CCCCOc1cccc(F)c1F)C(=O)OC. The van der Waals surface area contributed by atoms with Gasteiger partial charge in [0.25, 0.3) is 0 Å². The van der Waals surface area contributed by atoms with Gasteiger partial charge in [-0.1, -0.05) is 6.07 Å². The highest BCUT2D eigenvalue weighted by atomic mass is 19.2. The van der Waals surface area contributed by atoms with Gasteiger partial charge < -0.3 is 14.8 Å². The van der Waals surface area contributed by atoms with Crippen LogP contribution in [-0.2, 0) is 9.53 Å². The van der Waals surface area contributed by atoms with E-state index in [0.29, 0.717) is 19.3 Å². The molecule has 0 aliphatic carbocycles. The van der Waals surface area contributed by atoms with Crippen molar-refractivity contribution in [1.29, 1.82) is 0 Å². The molecule has 1 atom stereocenters. The van der Waals surface area contributed by atoms with Crippen LogP contribution in [0.4, 0.5) is 8.78 Å². The average Bonchev–Trinajstić information content (AvgIpc) is 2.49. The molecule has 0 fully saturated rings. The van der Waals surface area contributed by atoms with Gasteiger partial charge in [0.2, 0.25) is 5.82 Å².